The van der Waals surface area contributed by atoms with E-state index in [2.05, 4.69) is 13.8 Å². The molecule has 0 radical (unpaired) electrons. The number of rotatable bonds is 8. The Morgan fingerprint density at radius 2 is 1.23 bits per heavy atom. The van der Waals surface area contributed by atoms with Crippen LogP contribution in [0.25, 0.3) is 0 Å². The van der Waals surface area contributed by atoms with Crippen molar-refractivity contribution in [3.63, 3.8) is 0 Å². The van der Waals surface area contributed by atoms with Gasteiger partial charge in [-0.05, 0) is 0 Å². The van der Waals surface area contributed by atoms with Crippen molar-refractivity contribution in [2.45, 2.75) is 39.5 Å². The molecule has 0 saturated heterocycles. The Morgan fingerprint density at radius 3 is 1.54 bits per heavy atom. The van der Waals surface area contributed by atoms with E-state index < -0.39 is 23.8 Å². The Balaban J connectivity index is -0.000000500. The molecule has 0 aliphatic rings. The van der Waals surface area contributed by atoms with Crippen LogP contribution in [0, 0.1) is 0 Å². The standard InChI is InChI=1S/2C4H9O.2FH.Hf/c2*1-2-3-4-5;;;/h2*2-4H2,1H3;2*1H;/q2*-1;;;+2. The van der Waals surface area contributed by atoms with Gasteiger partial charge in [-0.2, -0.15) is 0 Å². The topological polar surface area (TPSA) is 18.5 Å². The summed E-state index contributed by atoms with van der Waals surface area (Å²) >= 11 is -1.07. The Labute approximate surface area is 91.7 Å². The second kappa shape index (κ2) is 18.4. The Bertz CT molecular complexity index is 69.2. The number of halogens is 2. The molecule has 0 aromatic heterocycles. The molecule has 0 atom stereocenters. The summed E-state index contributed by atoms with van der Waals surface area (Å²) in [4.78, 5) is 0. The summed E-state index contributed by atoms with van der Waals surface area (Å²) in [5.74, 6) is 0. The van der Waals surface area contributed by atoms with Gasteiger partial charge < -0.3 is 0 Å². The van der Waals surface area contributed by atoms with Gasteiger partial charge in [0.05, 0.1) is 0 Å². The zero-order valence-electron chi connectivity index (χ0n) is 8.38. The normalized spacial score (nSPS) is 8.46. The van der Waals surface area contributed by atoms with Crippen LogP contribution in [0.15, 0.2) is 0 Å². The van der Waals surface area contributed by atoms with Crippen LogP contribution in [0.4, 0.5) is 9.41 Å². The molecule has 0 aliphatic carbocycles. The maximum Gasteiger partial charge on any atom is -0.269 e. The molecule has 0 amide bonds. The van der Waals surface area contributed by atoms with Crippen LogP contribution < -0.4 is 0 Å². The van der Waals surface area contributed by atoms with E-state index in [-0.39, 0.29) is 9.41 Å². The van der Waals surface area contributed by atoms with E-state index in [4.69, 9.17) is 5.71 Å². The van der Waals surface area contributed by atoms with Gasteiger partial charge in [-0.25, -0.2) is 0 Å². The number of hydrogen-bond donors (Lipinski definition) is 0. The zero-order chi connectivity index (χ0) is 8.36. The average Bonchev–Trinajstić information content (AvgIpc) is 2.03. The van der Waals surface area contributed by atoms with Crippen LogP contribution >= 0.6 is 0 Å². The minimum atomic E-state index is -1.07. The van der Waals surface area contributed by atoms with Gasteiger partial charge in [0.1, 0.15) is 0 Å². The first kappa shape index (κ1) is 19.3. The molecule has 0 N–H and O–H groups in total. The molecular formula is C8H20F2HfO2. The molecule has 0 unspecified atom stereocenters. The molecule has 0 aromatic carbocycles. The number of hydrogen-bond acceptors (Lipinski definition) is 2. The van der Waals surface area contributed by atoms with E-state index >= 15 is 0 Å². The van der Waals surface area contributed by atoms with Gasteiger partial charge in [-0.3, -0.25) is 9.41 Å². The van der Waals surface area contributed by atoms with Gasteiger partial charge in [0.25, 0.3) is 0 Å². The summed E-state index contributed by atoms with van der Waals surface area (Å²) in [5, 5.41) is 0. The van der Waals surface area contributed by atoms with E-state index in [9.17, 15) is 0 Å². The molecule has 0 aromatic rings. The molecule has 0 fully saturated rings. The van der Waals surface area contributed by atoms with E-state index in [0.717, 1.165) is 13.2 Å². The van der Waals surface area contributed by atoms with Crippen molar-refractivity contribution in [2.75, 3.05) is 13.2 Å². The van der Waals surface area contributed by atoms with Crippen molar-refractivity contribution < 1.29 is 38.9 Å². The Hall–Kier alpha value is 0.650. The molecule has 0 spiro atoms. The van der Waals surface area contributed by atoms with Crippen LogP contribution in [-0.4, -0.2) is 13.2 Å². The SMILES string of the molecule is CCCC[O][Hf][O]CCCC.F.F. The second-order valence-corrected chi connectivity index (χ2v) is 5.16. The maximum absolute atomic E-state index is 5.39. The van der Waals surface area contributed by atoms with Gasteiger partial charge in [0.15, 0.2) is 0 Å². The molecular weight excluding hydrogens is 345 g/mol. The third kappa shape index (κ3) is 19.2. The maximum atomic E-state index is 5.39. The van der Waals surface area contributed by atoms with E-state index in [0.29, 0.717) is 0 Å². The van der Waals surface area contributed by atoms with Crippen molar-refractivity contribution >= 4 is 0 Å². The van der Waals surface area contributed by atoms with Crippen molar-refractivity contribution in [1.29, 1.82) is 0 Å². The second-order valence-electron chi connectivity index (χ2n) is 2.49. The van der Waals surface area contributed by atoms with Gasteiger partial charge in [-0.15, -0.1) is 0 Å². The van der Waals surface area contributed by atoms with Crippen LogP contribution in [0.1, 0.15) is 39.5 Å². The predicted octanol–water partition coefficient (Wildman–Crippen LogP) is 2.84. The molecule has 0 bridgehead atoms. The third-order valence-electron chi connectivity index (χ3n) is 1.32. The number of unbranched alkanes of at least 4 members (excludes halogenated alkanes) is 2. The predicted molar refractivity (Wildman–Crippen MR) is 46.7 cm³/mol. The fourth-order valence-electron chi connectivity index (χ4n) is 0.558. The fraction of sp³-hybridized carbons (Fsp3) is 1.00. The van der Waals surface area contributed by atoms with Crippen LogP contribution in [0.2, 0.25) is 0 Å². The molecule has 13 heavy (non-hydrogen) atoms. The summed E-state index contributed by atoms with van der Waals surface area (Å²) in [6, 6.07) is 0. The smallest absolute Gasteiger partial charge is 0.269 e. The monoisotopic (exact) mass is 366 g/mol. The van der Waals surface area contributed by atoms with Gasteiger partial charge in [0.2, 0.25) is 0 Å². The van der Waals surface area contributed by atoms with Crippen LogP contribution in [0.3, 0.4) is 0 Å². The molecule has 5 heteroatoms. The first-order valence-electron chi connectivity index (χ1n) is 4.40. The third-order valence-corrected chi connectivity index (χ3v) is 3.63. The summed E-state index contributed by atoms with van der Waals surface area (Å²) in [5.41, 5.74) is 0. The molecule has 82 valence electrons. The average molecular weight is 365 g/mol. The van der Waals surface area contributed by atoms with Crippen LogP contribution in [0.5, 0.6) is 0 Å². The van der Waals surface area contributed by atoms with Crippen molar-refractivity contribution in [1.82, 2.24) is 0 Å². The first-order valence-corrected chi connectivity index (χ1v) is 7.33. The molecule has 2 nitrogen and oxygen atoms in total. The first-order chi connectivity index (χ1) is 5.41. The largest absolute Gasteiger partial charge is 0.269 e. The molecule has 0 saturated carbocycles. The van der Waals surface area contributed by atoms with E-state index in [1.807, 2.05) is 0 Å². The van der Waals surface area contributed by atoms with Gasteiger partial charge in [0, 0.05) is 0 Å². The Morgan fingerprint density at radius 1 is 0.846 bits per heavy atom. The Kier molecular flexibility index (Phi) is 27.3. The minimum Gasteiger partial charge on any atom is -0.269 e. The van der Waals surface area contributed by atoms with E-state index in [1.54, 1.807) is 0 Å². The minimum absolute atomic E-state index is 0. The molecule has 0 rings (SSSR count). The van der Waals surface area contributed by atoms with Crippen LogP contribution in [-0.2, 0) is 29.5 Å². The van der Waals surface area contributed by atoms with E-state index in [1.165, 1.54) is 25.7 Å². The summed E-state index contributed by atoms with van der Waals surface area (Å²) < 4.78 is 10.8. The molecule has 0 aliphatic heterocycles. The summed E-state index contributed by atoms with van der Waals surface area (Å²) in [6.45, 7) is 6.20. The molecule has 0 heterocycles. The van der Waals surface area contributed by atoms with Crippen molar-refractivity contribution in [2.24, 2.45) is 0 Å². The fourth-order valence-corrected chi connectivity index (χ4v) is 2.49. The summed E-state index contributed by atoms with van der Waals surface area (Å²) in [6.07, 6.45) is 4.81. The van der Waals surface area contributed by atoms with Gasteiger partial charge >= 0.3 is 82.2 Å². The summed E-state index contributed by atoms with van der Waals surface area (Å²) in [7, 11) is 0. The van der Waals surface area contributed by atoms with Crippen molar-refractivity contribution in [3.8, 4) is 0 Å². The van der Waals surface area contributed by atoms with Crippen molar-refractivity contribution in [3.05, 3.63) is 0 Å². The zero-order valence-corrected chi connectivity index (χ0v) is 12.0. The van der Waals surface area contributed by atoms with Gasteiger partial charge in [-0.1, -0.05) is 0 Å². The quantitative estimate of drug-likeness (QED) is 0.487.